The van der Waals surface area contributed by atoms with Crippen molar-refractivity contribution in [2.45, 2.75) is 19.1 Å². The highest BCUT2D eigenvalue weighted by Gasteiger charge is 2.30. The van der Waals surface area contributed by atoms with Gasteiger partial charge in [-0.25, -0.2) is 8.42 Å². The lowest BCUT2D eigenvalue weighted by Crippen LogP contribution is -2.42. The average Bonchev–Trinajstić information content (AvgIpc) is 3.08. The van der Waals surface area contributed by atoms with E-state index in [9.17, 15) is 18.0 Å². The first kappa shape index (κ1) is 19.1. The molecule has 1 aromatic heterocycles. The Labute approximate surface area is 167 Å². The smallest absolute Gasteiger partial charge is 0.245 e. The molecule has 2 aromatic carbocycles. The molecule has 0 unspecified atom stereocenters. The van der Waals surface area contributed by atoms with Crippen LogP contribution in [0.4, 0.5) is 0 Å². The lowest BCUT2D eigenvalue weighted by Gasteiger charge is -2.28. The number of carbonyl (C=O) groups is 1. The molecule has 0 radical (unpaired) electrons. The van der Waals surface area contributed by atoms with Gasteiger partial charge in [0.25, 0.3) is 0 Å². The van der Waals surface area contributed by atoms with E-state index >= 15 is 0 Å². The van der Waals surface area contributed by atoms with Crippen molar-refractivity contribution >= 4 is 26.6 Å². The van der Waals surface area contributed by atoms with E-state index in [0.29, 0.717) is 10.9 Å². The van der Waals surface area contributed by atoms with Crippen molar-refractivity contribution in [2.75, 3.05) is 5.75 Å². The fourth-order valence-electron chi connectivity index (χ4n) is 3.43. The van der Waals surface area contributed by atoms with Gasteiger partial charge in [-0.1, -0.05) is 42.5 Å². The molecular formula is C21H19N3O4S. The Balaban J connectivity index is 1.66. The third kappa shape index (κ3) is 4.12. The molecule has 0 saturated heterocycles. The molecule has 7 nitrogen and oxygen atoms in total. The summed E-state index contributed by atoms with van der Waals surface area (Å²) in [6.07, 6.45) is 2.74. The quantitative estimate of drug-likeness (QED) is 0.640. The van der Waals surface area contributed by atoms with Crippen LogP contribution in [-0.4, -0.2) is 40.8 Å². The number of rotatable bonds is 5. The topological polar surface area (TPSA) is 89.3 Å². The van der Waals surface area contributed by atoms with Gasteiger partial charge in [-0.05, 0) is 23.8 Å². The Hall–Kier alpha value is -3.26. The van der Waals surface area contributed by atoms with Crippen LogP contribution in [0.5, 0.6) is 0 Å². The summed E-state index contributed by atoms with van der Waals surface area (Å²) < 4.78 is 25.3. The van der Waals surface area contributed by atoms with E-state index in [4.69, 9.17) is 0 Å². The number of hydrogen-bond acceptors (Lipinski definition) is 5. The standard InChI is InChI=1S/C21H19N3O4S/c25-20-12-22-24(19-9-5-4-8-18(19)20)14-21(26)23(13-16-6-2-1-3-7-16)17-10-11-29(27,28)15-17/h1-12,17H,13-15H2/t17-/m0/s1. The van der Waals surface area contributed by atoms with Crippen LogP contribution in [0.15, 0.2) is 77.1 Å². The molecule has 1 aliphatic heterocycles. The predicted octanol–water partition coefficient (Wildman–Crippen LogP) is 1.74. The summed E-state index contributed by atoms with van der Waals surface area (Å²) in [6, 6.07) is 15.8. The van der Waals surface area contributed by atoms with Gasteiger partial charge in [0.1, 0.15) is 6.54 Å². The van der Waals surface area contributed by atoms with Gasteiger partial charge in [0.05, 0.1) is 23.5 Å². The monoisotopic (exact) mass is 409 g/mol. The van der Waals surface area contributed by atoms with Gasteiger partial charge in [-0.2, -0.15) is 5.10 Å². The number of hydrogen-bond donors (Lipinski definition) is 0. The average molecular weight is 409 g/mol. The number of nitrogens with zero attached hydrogens (tertiary/aromatic N) is 3. The van der Waals surface area contributed by atoms with Crippen LogP contribution >= 0.6 is 0 Å². The Bertz CT molecular complexity index is 1250. The van der Waals surface area contributed by atoms with Crippen molar-refractivity contribution in [1.82, 2.24) is 14.7 Å². The van der Waals surface area contributed by atoms with Crippen molar-refractivity contribution in [3.8, 4) is 0 Å². The minimum Gasteiger partial charge on any atom is -0.329 e. The van der Waals surface area contributed by atoms with E-state index in [1.54, 1.807) is 35.2 Å². The molecule has 1 amide bonds. The number of amides is 1. The van der Waals surface area contributed by atoms with Gasteiger partial charge in [0.2, 0.25) is 11.3 Å². The van der Waals surface area contributed by atoms with Crippen molar-refractivity contribution < 1.29 is 13.2 Å². The van der Waals surface area contributed by atoms with Crippen LogP contribution in [-0.2, 0) is 27.7 Å². The molecule has 0 bridgehead atoms. The zero-order chi connectivity index (χ0) is 20.4. The van der Waals surface area contributed by atoms with Gasteiger partial charge in [0.15, 0.2) is 9.84 Å². The van der Waals surface area contributed by atoms with Gasteiger partial charge < -0.3 is 4.90 Å². The first-order chi connectivity index (χ1) is 13.9. The predicted molar refractivity (Wildman–Crippen MR) is 110 cm³/mol. The SMILES string of the molecule is O=C(Cn1ncc(=O)c2ccccc21)N(Cc1ccccc1)[C@H]1C=CS(=O)(=O)C1. The number of para-hydroxylation sites is 1. The van der Waals surface area contributed by atoms with Crippen LogP contribution < -0.4 is 5.43 Å². The van der Waals surface area contributed by atoms with E-state index in [1.807, 2.05) is 30.3 Å². The Morgan fingerprint density at radius 1 is 1.10 bits per heavy atom. The van der Waals surface area contributed by atoms with Crippen LogP contribution in [0.1, 0.15) is 5.56 Å². The molecule has 8 heteroatoms. The second-order valence-electron chi connectivity index (χ2n) is 6.92. The maximum atomic E-state index is 13.2. The summed E-state index contributed by atoms with van der Waals surface area (Å²) in [6.45, 7) is 0.181. The molecule has 4 rings (SSSR count). The van der Waals surface area contributed by atoms with E-state index in [0.717, 1.165) is 11.0 Å². The van der Waals surface area contributed by atoms with E-state index in [1.165, 1.54) is 10.9 Å². The lowest BCUT2D eigenvalue weighted by molar-refractivity contribution is -0.133. The highest BCUT2D eigenvalue weighted by Crippen LogP contribution is 2.19. The van der Waals surface area contributed by atoms with Crippen molar-refractivity contribution in [2.24, 2.45) is 0 Å². The van der Waals surface area contributed by atoms with E-state index in [-0.39, 0.29) is 30.2 Å². The Kier molecular flexibility index (Phi) is 5.02. The van der Waals surface area contributed by atoms with Crippen LogP contribution in [0.25, 0.3) is 10.9 Å². The highest BCUT2D eigenvalue weighted by atomic mass is 32.2. The summed E-state index contributed by atoms with van der Waals surface area (Å²) in [4.78, 5) is 26.8. The molecule has 0 spiro atoms. The summed E-state index contributed by atoms with van der Waals surface area (Å²) >= 11 is 0. The molecule has 2 heterocycles. The molecule has 0 aliphatic carbocycles. The molecule has 0 fully saturated rings. The Morgan fingerprint density at radius 2 is 1.83 bits per heavy atom. The maximum Gasteiger partial charge on any atom is 0.245 e. The molecule has 29 heavy (non-hydrogen) atoms. The molecule has 1 atom stereocenters. The normalized spacial score (nSPS) is 17.4. The Morgan fingerprint density at radius 3 is 2.55 bits per heavy atom. The summed E-state index contributed by atoms with van der Waals surface area (Å²) in [5.74, 6) is -0.411. The number of fused-ring (bicyclic) bond motifs is 1. The molecule has 0 N–H and O–H groups in total. The summed E-state index contributed by atoms with van der Waals surface area (Å²) in [7, 11) is -3.32. The fraction of sp³-hybridized carbons (Fsp3) is 0.190. The van der Waals surface area contributed by atoms with E-state index < -0.39 is 15.9 Å². The van der Waals surface area contributed by atoms with Gasteiger partial charge >= 0.3 is 0 Å². The summed E-state index contributed by atoms with van der Waals surface area (Å²) in [5.41, 5.74) is 1.24. The van der Waals surface area contributed by atoms with Crippen LogP contribution in [0.2, 0.25) is 0 Å². The molecule has 3 aromatic rings. The molecule has 1 aliphatic rings. The van der Waals surface area contributed by atoms with Crippen molar-refractivity contribution in [3.05, 3.63) is 88.1 Å². The molecular weight excluding hydrogens is 390 g/mol. The third-order valence-electron chi connectivity index (χ3n) is 4.87. The number of aromatic nitrogens is 2. The van der Waals surface area contributed by atoms with Gasteiger partial charge in [0, 0.05) is 17.3 Å². The fourth-order valence-corrected chi connectivity index (χ4v) is 4.73. The van der Waals surface area contributed by atoms with Crippen LogP contribution in [0.3, 0.4) is 0 Å². The largest absolute Gasteiger partial charge is 0.329 e. The second-order valence-corrected chi connectivity index (χ2v) is 8.85. The first-order valence-corrected chi connectivity index (χ1v) is 10.8. The van der Waals surface area contributed by atoms with Crippen molar-refractivity contribution in [1.29, 1.82) is 0 Å². The van der Waals surface area contributed by atoms with Crippen molar-refractivity contribution in [3.63, 3.8) is 0 Å². The second kappa shape index (κ2) is 7.63. The minimum absolute atomic E-state index is 0.0992. The molecule has 0 saturated carbocycles. The van der Waals surface area contributed by atoms with E-state index in [2.05, 4.69) is 5.10 Å². The first-order valence-electron chi connectivity index (χ1n) is 9.12. The summed E-state index contributed by atoms with van der Waals surface area (Å²) in [5, 5.41) is 5.75. The zero-order valence-electron chi connectivity index (χ0n) is 15.5. The zero-order valence-corrected chi connectivity index (χ0v) is 16.3. The number of benzene rings is 2. The minimum atomic E-state index is -3.32. The van der Waals surface area contributed by atoms with Gasteiger partial charge in [-0.15, -0.1) is 0 Å². The number of sulfone groups is 1. The highest BCUT2D eigenvalue weighted by molar-refractivity contribution is 7.94. The van der Waals surface area contributed by atoms with Crippen LogP contribution in [0, 0.1) is 0 Å². The molecule has 148 valence electrons. The lowest BCUT2D eigenvalue weighted by atomic mass is 10.1. The maximum absolute atomic E-state index is 13.2. The third-order valence-corrected chi connectivity index (χ3v) is 6.25. The number of carbonyl (C=O) groups excluding carboxylic acids is 1. The van der Waals surface area contributed by atoms with Gasteiger partial charge in [-0.3, -0.25) is 14.3 Å².